The molecule has 1 N–H and O–H groups in total. The van der Waals surface area contributed by atoms with Crippen LogP contribution in [0.15, 0.2) is 51.4 Å². The number of nitrogens with one attached hydrogen (secondary N) is 1. The van der Waals surface area contributed by atoms with Gasteiger partial charge in [0.15, 0.2) is 5.69 Å². The van der Waals surface area contributed by atoms with Crippen molar-refractivity contribution in [1.29, 1.82) is 0 Å². The van der Waals surface area contributed by atoms with Crippen LogP contribution in [0.25, 0.3) is 5.69 Å². The third-order valence-corrected chi connectivity index (χ3v) is 4.44. The predicted octanol–water partition coefficient (Wildman–Crippen LogP) is 4.82. The molecule has 0 amide bonds. The van der Waals surface area contributed by atoms with E-state index in [1.807, 2.05) is 51.1 Å². The second-order valence-corrected chi connectivity index (χ2v) is 6.32. The Labute approximate surface area is 152 Å². The number of methoxy groups -OCH3 is 1. The molecule has 0 fully saturated rings. The first kappa shape index (κ1) is 17.7. The van der Waals surface area contributed by atoms with E-state index in [1.54, 1.807) is 20.1 Å². The van der Waals surface area contributed by atoms with Gasteiger partial charge in [0.2, 0.25) is 0 Å². The van der Waals surface area contributed by atoms with E-state index in [1.165, 1.54) is 10.2 Å². The van der Waals surface area contributed by atoms with E-state index in [9.17, 15) is 4.79 Å². The van der Waals surface area contributed by atoms with Crippen LogP contribution in [-0.4, -0.2) is 16.9 Å². The molecule has 0 aliphatic heterocycles. The van der Waals surface area contributed by atoms with Crippen LogP contribution < -0.4 is 10.3 Å². The highest BCUT2D eigenvalue weighted by Gasteiger charge is 2.13. The van der Waals surface area contributed by atoms with Crippen molar-refractivity contribution >= 4 is 11.4 Å². The lowest BCUT2D eigenvalue weighted by Gasteiger charge is -2.06. The average Bonchev–Trinajstić information content (AvgIpc) is 2.90. The zero-order valence-electron chi connectivity index (χ0n) is 15.6. The SMILES string of the molecule is COc1c(C)cccc1N=Nc1c(C)[nH]n(-c2ccc(C)c(C)c2)c1=O. The van der Waals surface area contributed by atoms with Crippen molar-refractivity contribution in [2.45, 2.75) is 27.7 Å². The van der Waals surface area contributed by atoms with Gasteiger partial charge in [-0.05, 0) is 62.6 Å². The number of hydrogen-bond acceptors (Lipinski definition) is 4. The number of ether oxygens (including phenoxy) is 1. The summed E-state index contributed by atoms with van der Waals surface area (Å²) in [6, 6.07) is 11.5. The minimum absolute atomic E-state index is 0.235. The molecule has 0 saturated heterocycles. The van der Waals surface area contributed by atoms with Crippen LogP contribution in [0.4, 0.5) is 11.4 Å². The molecule has 0 saturated carbocycles. The highest BCUT2D eigenvalue weighted by Crippen LogP contribution is 2.31. The number of aryl methyl sites for hydroxylation is 4. The molecule has 1 heterocycles. The molecule has 26 heavy (non-hydrogen) atoms. The largest absolute Gasteiger partial charge is 0.494 e. The molecular weight excluding hydrogens is 328 g/mol. The third-order valence-electron chi connectivity index (χ3n) is 4.44. The lowest BCUT2D eigenvalue weighted by molar-refractivity contribution is 0.413. The molecule has 1 aromatic heterocycles. The Morgan fingerprint density at radius 1 is 0.962 bits per heavy atom. The lowest BCUT2D eigenvalue weighted by atomic mass is 10.1. The standard InChI is InChI=1S/C20H22N4O2/c1-12-9-10-16(11-14(12)3)24-20(25)18(15(4)23-24)22-21-17-8-6-7-13(2)19(17)26-5/h6-11,23H,1-5H3. The van der Waals surface area contributed by atoms with Gasteiger partial charge in [0.1, 0.15) is 11.4 Å². The zero-order chi connectivity index (χ0) is 18.8. The van der Waals surface area contributed by atoms with Gasteiger partial charge in [0.05, 0.1) is 18.5 Å². The highest BCUT2D eigenvalue weighted by molar-refractivity contribution is 5.56. The molecule has 0 aliphatic carbocycles. The number of aromatic amines is 1. The number of nitrogens with zero attached hydrogens (tertiary/aromatic N) is 3. The molecule has 3 aromatic rings. The van der Waals surface area contributed by atoms with E-state index < -0.39 is 0 Å². The third kappa shape index (κ3) is 3.18. The van der Waals surface area contributed by atoms with Crippen molar-refractivity contribution in [2.75, 3.05) is 7.11 Å². The number of aromatic nitrogens is 2. The van der Waals surface area contributed by atoms with Crippen molar-refractivity contribution < 1.29 is 4.74 Å². The van der Waals surface area contributed by atoms with Crippen LogP contribution >= 0.6 is 0 Å². The van der Waals surface area contributed by atoms with Gasteiger partial charge in [-0.1, -0.05) is 18.2 Å². The van der Waals surface area contributed by atoms with E-state index in [0.29, 0.717) is 17.1 Å². The first-order valence-corrected chi connectivity index (χ1v) is 8.37. The zero-order valence-corrected chi connectivity index (χ0v) is 15.6. The fourth-order valence-electron chi connectivity index (χ4n) is 2.79. The molecule has 0 spiro atoms. The molecule has 134 valence electrons. The van der Waals surface area contributed by atoms with Gasteiger partial charge in [-0.25, -0.2) is 4.68 Å². The highest BCUT2D eigenvalue weighted by atomic mass is 16.5. The van der Waals surface area contributed by atoms with Crippen LogP contribution in [0.5, 0.6) is 5.75 Å². The molecule has 0 unspecified atom stereocenters. The van der Waals surface area contributed by atoms with Gasteiger partial charge < -0.3 is 4.74 Å². The fourth-order valence-corrected chi connectivity index (χ4v) is 2.79. The lowest BCUT2D eigenvalue weighted by Crippen LogP contribution is -2.14. The number of rotatable bonds is 4. The van der Waals surface area contributed by atoms with Crippen LogP contribution in [0, 0.1) is 27.7 Å². The Kier molecular flexibility index (Phi) is 4.75. The van der Waals surface area contributed by atoms with Crippen molar-refractivity contribution in [1.82, 2.24) is 9.78 Å². The minimum Gasteiger partial charge on any atom is -0.494 e. The second kappa shape index (κ2) is 7.00. The van der Waals surface area contributed by atoms with E-state index in [2.05, 4.69) is 15.3 Å². The molecule has 6 heteroatoms. The van der Waals surface area contributed by atoms with E-state index in [-0.39, 0.29) is 11.2 Å². The maximum atomic E-state index is 12.8. The first-order chi connectivity index (χ1) is 12.4. The summed E-state index contributed by atoms with van der Waals surface area (Å²) in [7, 11) is 1.59. The molecule has 3 rings (SSSR count). The normalized spacial score (nSPS) is 11.3. The van der Waals surface area contributed by atoms with Crippen LogP contribution in [0.1, 0.15) is 22.4 Å². The van der Waals surface area contributed by atoms with Crippen LogP contribution in [0.3, 0.4) is 0 Å². The summed E-state index contributed by atoms with van der Waals surface area (Å²) in [6.07, 6.45) is 0. The number of hydrogen-bond donors (Lipinski definition) is 1. The van der Waals surface area contributed by atoms with Gasteiger partial charge in [0.25, 0.3) is 5.56 Å². The fraction of sp³-hybridized carbons (Fsp3) is 0.250. The average molecular weight is 350 g/mol. The Morgan fingerprint density at radius 2 is 1.73 bits per heavy atom. The summed E-state index contributed by atoms with van der Waals surface area (Å²) >= 11 is 0. The summed E-state index contributed by atoms with van der Waals surface area (Å²) < 4.78 is 6.87. The first-order valence-electron chi connectivity index (χ1n) is 8.37. The Bertz CT molecular complexity index is 1040. The molecule has 6 nitrogen and oxygen atoms in total. The number of benzene rings is 2. The number of azo groups is 1. The number of para-hydroxylation sites is 1. The molecule has 0 aliphatic rings. The van der Waals surface area contributed by atoms with Gasteiger partial charge >= 0.3 is 0 Å². The van der Waals surface area contributed by atoms with Gasteiger partial charge in [-0.2, -0.15) is 0 Å². The summed E-state index contributed by atoms with van der Waals surface area (Å²) in [6.45, 7) is 7.80. The van der Waals surface area contributed by atoms with Gasteiger partial charge in [0, 0.05) is 0 Å². The summed E-state index contributed by atoms with van der Waals surface area (Å²) in [5.74, 6) is 0.652. The Morgan fingerprint density at radius 3 is 2.42 bits per heavy atom. The molecule has 0 bridgehead atoms. The maximum Gasteiger partial charge on any atom is 0.299 e. The van der Waals surface area contributed by atoms with E-state index in [0.717, 1.165) is 16.8 Å². The molecule has 2 aromatic carbocycles. The topological polar surface area (TPSA) is 71.7 Å². The predicted molar refractivity (Wildman–Crippen MR) is 103 cm³/mol. The van der Waals surface area contributed by atoms with E-state index >= 15 is 0 Å². The van der Waals surface area contributed by atoms with Crippen molar-refractivity contribution in [3.63, 3.8) is 0 Å². The Balaban J connectivity index is 2.03. The van der Waals surface area contributed by atoms with Crippen LogP contribution in [0.2, 0.25) is 0 Å². The van der Waals surface area contributed by atoms with Crippen LogP contribution in [-0.2, 0) is 0 Å². The Hall–Kier alpha value is -3.15. The molecule has 0 atom stereocenters. The monoisotopic (exact) mass is 350 g/mol. The second-order valence-electron chi connectivity index (χ2n) is 6.32. The molecular formula is C20H22N4O2. The van der Waals surface area contributed by atoms with E-state index in [4.69, 9.17) is 4.74 Å². The smallest absolute Gasteiger partial charge is 0.299 e. The maximum absolute atomic E-state index is 12.8. The molecule has 0 radical (unpaired) electrons. The van der Waals surface area contributed by atoms with Crippen molar-refractivity contribution in [2.24, 2.45) is 10.2 Å². The quantitative estimate of drug-likeness (QED) is 0.685. The summed E-state index contributed by atoms with van der Waals surface area (Å²) in [4.78, 5) is 12.8. The van der Waals surface area contributed by atoms with Gasteiger partial charge in [-0.3, -0.25) is 9.89 Å². The van der Waals surface area contributed by atoms with Crippen molar-refractivity contribution in [3.8, 4) is 11.4 Å². The van der Waals surface area contributed by atoms with Crippen molar-refractivity contribution in [3.05, 3.63) is 69.1 Å². The summed E-state index contributed by atoms with van der Waals surface area (Å²) in [5, 5.41) is 11.5. The van der Waals surface area contributed by atoms with Gasteiger partial charge in [-0.15, -0.1) is 10.2 Å². The minimum atomic E-state index is -0.235. The summed E-state index contributed by atoms with van der Waals surface area (Å²) in [5.41, 5.74) is 5.32. The number of H-pyrrole nitrogens is 1.